The zero-order valence-corrected chi connectivity index (χ0v) is 14.1. The standard InChI is InChI=1S/C18H16F6O2/c1-7-4-8(2)11-12(15(25)17(19,20)21)9(3)14-13(11)10(5-7)6-16(14,26)18(22,23)24/h4-5,15,25-26H,6H2,1-3H3. The van der Waals surface area contributed by atoms with Crippen LogP contribution in [0.5, 0.6) is 0 Å². The summed E-state index contributed by atoms with van der Waals surface area (Å²) in [5, 5.41) is 20.2. The van der Waals surface area contributed by atoms with E-state index in [0.29, 0.717) is 11.1 Å². The van der Waals surface area contributed by atoms with Gasteiger partial charge in [0, 0.05) is 17.5 Å². The van der Waals surface area contributed by atoms with E-state index in [1.165, 1.54) is 13.0 Å². The van der Waals surface area contributed by atoms with Gasteiger partial charge in [-0.05, 0) is 48.6 Å². The number of aryl methyl sites for hydroxylation is 2. The summed E-state index contributed by atoms with van der Waals surface area (Å²) in [6.07, 6.45) is -13.8. The van der Waals surface area contributed by atoms with E-state index in [-0.39, 0.29) is 22.3 Å². The zero-order chi connectivity index (χ0) is 19.8. The van der Waals surface area contributed by atoms with Crippen molar-refractivity contribution in [1.82, 2.24) is 0 Å². The van der Waals surface area contributed by atoms with Crippen molar-refractivity contribution < 1.29 is 36.6 Å². The minimum Gasteiger partial charge on any atom is -0.379 e. The lowest BCUT2D eigenvalue weighted by Crippen LogP contribution is -2.42. The van der Waals surface area contributed by atoms with E-state index >= 15 is 0 Å². The zero-order valence-electron chi connectivity index (χ0n) is 14.1. The average molecular weight is 378 g/mol. The summed E-state index contributed by atoms with van der Waals surface area (Å²) in [4.78, 5) is 0. The minimum absolute atomic E-state index is 0.0498. The molecule has 0 fully saturated rings. The summed E-state index contributed by atoms with van der Waals surface area (Å²) in [6, 6.07) is 2.99. The van der Waals surface area contributed by atoms with Crippen LogP contribution >= 0.6 is 0 Å². The fourth-order valence-electron chi connectivity index (χ4n) is 4.07. The van der Waals surface area contributed by atoms with E-state index in [0.717, 1.165) is 6.92 Å². The van der Waals surface area contributed by atoms with Crippen LogP contribution in [0.25, 0.3) is 11.1 Å². The lowest BCUT2D eigenvalue weighted by Gasteiger charge is -2.28. The molecular formula is C18H16F6O2. The van der Waals surface area contributed by atoms with E-state index in [9.17, 15) is 36.6 Å². The van der Waals surface area contributed by atoms with Gasteiger partial charge in [-0.3, -0.25) is 0 Å². The number of hydrogen-bond acceptors (Lipinski definition) is 2. The number of halogens is 6. The van der Waals surface area contributed by atoms with Gasteiger partial charge in [-0.1, -0.05) is 17.7 Å². The Labute approximate surface area is 145 Å². The highest BCUT2D eigenvalue weighted by Gasteiger charge is 2.61. The second kappa shape index (κ2) is 5.36. The van der Waals surface area contributed by atoms with Crippen LogP contribution in [-0.4, -0.2) is 22.6 Å². The molecule has 0 aliphatic heterocycles. The Morgan fingerprint density at radius 1 is 1.00 bits per heavy atom. The molecule has 3 aliphatic rings. The predicted octanol–water partition coefficient (Wildman–Crippen LogP) is 4.62. The maximum atomic E-state index is 13.6. The quantitative estimate of drug-likeness (QED) is 0.711. The Balaban J connectivity index is 2.47. The molecule has 0 amide bonds. The second-order valence-electron chi connectivity index (χ2n) is 6.88. The molecule has 0 aromatic heterocycles. The van der Waals surface area contributed by atoms with Crippen LogP contribution in [0.3, 0.4) is 0 Å². The molecule has 142 valence electrons. The number of alkyl halides is 6. The average Bonchev–Trinajstić information content (AvgIpc) is 2.87. The molecule has 2 N–H and O–H groups in total. The van der Waals surface area contributed by atoms with Crippen molar-refractivity contribution in [3.8, 4) is 11.1 Å². The Hall–Kier alpha value is -1.80. The molecule has 0 radical (unpaired) electrons. The highest BCUT2D eigenvalue weighted by molar-refractivity contribution is 5.87. The molecule has 0 heterocycles. The maximum absolute atomic E-state index is 13.6. The van der Waals surface area contributed by atoms with Crippen molar-refractivity contribution in [2.75, 3.05) is 0 Å². The smallest absolute Gasteiger partial charge is 0.379 e. The van der Waals surface area contributed by atoms with Gasteiger partial charge >= 0.3 is 12.4 Å². The molecule has 26 heavy (non-hydrogen) atoms. The summed E-state index contributed by atoms with van der Waals surface area (Å²) in [7, 11) is 0. The van der Waals surface area contributed by atoms with Crippen LogP contribution in [0, 0.1) is 20.8 Å². The van der Waals surface area contributed by atoms with Crippen molar-refractivity contribution in [2.24, 2.45) is 0 Å². The fourth-order valence-corrected chi connectivity index (χ4v) is 4.07. The third-order valence-corrected chi connectivity index (χ3v) is 5.02. The summed E-state index contributed by atoms with van der Waals surface area (Å²) in [6.45, 7) is 4.17. The number of hydrogen-bond donors (Lipinski definition) is 2. The van der Waals surface area contributed by atoms with E-state index < -0.39 is 41.6 Å². The van der Waals surface area contributed by atoms with Crippen LogP contribution in [-0.2, 0) is 12.0 Å². The summed E-state index contributed by atoms with van der Waals surface area (Å²) in [5.74, 6) is 0. The van der Waals surface area contributed by atoms with Crippen LogP contribution in [0.15, 0.2) is 12.1 Å². The monoisotopic (exact) mass is 378 g/mol. The van der Waals surface area contributed by atoms with Gasteiger partial charge in [0.15, 0.2) is 11.7 Å². The van der Waals surface area contributed by atoms with E-state index in [4.69, 9.17) is 0 Å². The van der Waals surface area contributed by atoms with Crippen molar-refractivity contribution >= 4 is 0 Å². The van der Waals surface area contributed by atoms with Gasteiger partial charge in [-0.2, -0.15) is 26.3 Å². The topological polar surface area (TPSA) is 40.5 Å². The Morgan fingerprint density at radius 2 is 1.58 bits per heavy atom. The van der Waals surface area contributed by atoms with Gasteiger partial charge in [0.1, 0.15) is 0 Å². The molecule has 0 saturated heterocycles. The van der Waals surface area contributed by atoms with Crippen molar-refractivity contribution in [3.63, 3.8) is 0 Å². The molecule has 8 heteroatoms. The second-order valence-corrected chi connectivity index (χ2v) is 6.88. The molecule has 3 aliphatic carbocycles. The molecule has 2 atom stereocenters. The SMILES string of the molecule is Cc1cc(C)c2c(C(O)C(F)(F)F)c(C)c3c-2c(c1)CC3(O)C(F)(F)F. The summed E-state index contributed by atoms with van der Waals surface area (Å²) < 4.78 is 80.4. The van der Waals surface area contributed by atoms with Crippen LogP contribution in [0.4, 0.5) is 26.3 Å². The molecule has 2 unspecified atom stereocenters. The Morgan fingerprint density at radius 3 is 2.08 bits per heavy atom. The highest BCUT2D eigenvalue weighted by Crippen LogP contribution is 2.58. The van der Waals surface area contributed by atoms with Crippen molar-refractivity contribution in [3.05, 3.63) is 45.5 Å². The third-order valence-electron chi connectivity index (χ3n) is 5.02. The van der Waals surface area contributed by atoms with Gasteiger partial charge in [-0.15, -0.1) is 0 Å². The molecule has 0 aromatic rings. The summed E-state index contributed by atoms with van der Waals surface area (Å²) >= 11 is 0. The Kier molecular flexibility index (Phi) is 3.91. The molecule has 0 saturated carbocycles. The van der Waals surface area contributed by atoms with Crippen LogP contribution < -0.4 is 0 Å². The maximum Gasteiger partial charge on any atom is 0.421 e. The first-order valence-corrected chi connectivity index (χ1v) is 7.80. The normalized spacial score (nSPS) is 21.5. The fraction of sp³-hybridized carbons (Fsp3) is 0.444. The molecule has 2 nitrogen and oxygen atoms in total. The van der Waals surface area contributed by atoms with E-state index in [1.807, 2.05) is 0 Å². The first kappa shape index (κ1) is 19.0. The summed E-state index contributed by atoms with van der Waals surface area (Å²) in [5.41, 5.74) is -4.03. The minimum atomic E-state index is -5.07. The largest absolute Gasteiger partial charge is 0.421 e. The van der Waals surface area contributed by atoms with E-state index in [1.54, 1.807) is 13.0 Å². The molecule has 0 spiro atoms. The first-order chi connectivity index (χ1) is 11.7. The molecular weight excluding hydrogens is 362 g/mol. The molecule has 0 bridgehead atoms. The van der Waals surface area contributed by atoms with E-state index in [2.05, 4.69) is 0 Å². The molecule has 3 rings (SSSR count). The van der Waals surface area contributed by atoms with Gasteiger partial charge in [0.05, 0.1) is 0 Å². The number of aliphatic hydroxyl groups excluding tert-OH is 1. The number of aliphatic hydroxyl groups is 2. The lowest BCUT2D eigenvalue weighted by atomic mass is 9.91. The predicted molar refractivity (Wildman–Crippen MR) is 81.9 cm³/mol. The Bertz CT molecular complexity index is 868. The lowest BCUT2D eigenvalue weighted by molar-refractivity contribution is -0.264. The van der Waals surface area contributed by atoms with Gasteiger partial charge in [0.25, 0.3) is 0 Å². The van der Waals surface area contributed by atoms with Crippen LogP contribution in [0.2, 0.25) is 0 Å². The van der Waals surface area contributed by atoms with Gasteiger partial charge in [-0.25, -0.2) is 0 Å². The van der Waals surface area contributed by atoms with Crippen molar-refractivity contribution in [1.29, 1.82) is 0 Å². The van der Waals surface area contributed by atoms with Gasteiger partial charge < -0.3 is 10.2 Å². The first-order valence-electron chi connectivity index (χ1n) is 7.80. The van der Waals surface area contributed by atoms with Crippen LogP contribution in [0.1, 0.15) is 39.5 Å². The third kappa shape index (κ3) is 2.42. The highest BCUT2D eigenvalue weighted by atomic mass is 19.4. The molecule has 0 aromatic carbocycles. The van der Waals surface area contributed by atoms with Gasteiger partial charge in [0.2, 0.25) is 0 Å². The van der Waals surface area contributed by atoms with Crippen molar-refractivity contribution in [2.45, 2.75) is 51.2 Å². The number of rotatable bonds is 1.